The highest BCUT2D eigenvalue weighted by Gasteiger charge is 2.37. The Balaban J connectivity index is 1.28. The largest absolute Gasteiger partial charge is 0.457 e. The molecule has 1 aromatic heterocycles. The molecule has 1 saturated heterocycles. The number of imide groups is 1. The van der Waals surface area contributed by atoms with Crippen molar-refractivity contribution in [1.82, 2.24) is 4.90 Å². The lowest BCUT2D eigenvalue weighted by atomic mass is 10.1. The highest BCUT2D eigenvalue weighted by Crippen LogP contribution is 2.26. The van der Waals surface area contributed by atoms with Gasteiger partial charge in [0.05, 0.1) is 6.04 Å². The minimum Gasteiger partial charge on any atom is -0.457 e. The third-order valence-corrected chi connectivity index (χ3v) is 7.05. The fraction of sp³-hybridized carbons (Fsp3) is 0.296. The van der Waals surface area contributed by atoms with E-state index in [2.05, 4.69) is 0 Å². The van der Waals surface area contributed by atoms with E-state index in [4.69, 9.17) is 9.47 Å². The molecule has 0 unspecified atom stereocenters. The summed E-state index contributed by atoms with van der Waals surface area (Å²) < 4.78 is 10.6. The molecule has 0 aliphatic carbocycles. The van der Waals surface area contributed by atoms with Gasteiger partial charge in [0.25, 0.3) is 0 Å². The molecule has 1 atom stereocenters. The van der Waals surface area contributed by atoms with Crippen molar-refractivity contribution in [3.05, 3.63) is 93.2 Å². The maximum absolute atomic E-state index is 12.8. The number of benzene rings is 2. The maximum Gasteiger partial charge on any atom is 0.416 e. The minimum absolute atomic E-state index is 0.220. The zero-order valence-electron chi connectivity index (χ0n) is 19.1. The van der Waals surface area contributed by atoms with Crippen molar-refractivity contribution >= 4 is 29.3 Å². The summed E-state index contributed by atoms with van der Waals surface area (Å²) in [6.07, 6.45) is 1.49. The van der Waals surface area contributed by atoms with Gasteiger partial charge in [-0.3, -0.25) is 4.79 Å². The second-order valence-electron chi connectivity index (χ2n) is 8.32. The number of thiophene rings is 1. The number of ether oxygens (including phenoxy) is 2. The van der Waals surface area contributed by atoms with Crippen molar-refractivity contribution < 1.29 is 23.9 Å². The van der Waals surface area contributed by atoms with Crippen molar-refractivity contribution in [3.63, 3.8) is 0 Å². The molecule has 7 heteroatoms. The van der Waals surface area contributed by atoms with E-state index < -0.39 is 6.09 Å². The second-order valence-corrected chi connectivity index (χ2v) is 9.45. The molecule has 4 rings (SSSR count). The molecule has 2 aromatic carbocycles. The van der Waals surface area contributed by atoms with Crippen LogP contribution in [0.25, 0.3) is 0 Å². The molecule has 0 radical (unpaired) electrons. The summed E-state index contributed by atoms with van der Waals surface area (Å²) in [6, 6.07) is 20.9. The number of nitrogens with zero attached hydrogens (tertiary/aromatic N) is 1. The monoisotopic (exact) mass is 477 g/mol. The minimum atomic E-state index is -0.568. The van der Waals surface area contributed by atoms with Crippen molar-refractivity contribution in [3.8, 4) is 0 Å². The van der Waals surface area contributed by atoms with Crippen LogP contribution in [0.15, 0.2) is 66.7 Å². The molecule has 176 valence electrons. The fourth-order valence-corrected chi connectivity index (χ4v) is 5.10. The molecule has 1 aliphatic rings. The summed E-state index contributed by atoms with van der Waals surface area (Å²) in [4.78, 5) is 40.3. The summed E-state index contributed by atoms with van der Waals surface area (Å²) >= 11 is 1.40. The molecular formula is C27H27NO5S. The number of hydrogen-bond donors (Lipinski definition) is 0. The molecule has 34 heavy (non-hydrogen) atoms. The number of rotatable bonds is 9. The Morgan fingerprint density at radius 3 is 2.44 bits per heavy atom. The Morgan fingerprint density at radius 2 is 1.74 bits per heavy atom. The van der Waals surface area contributed by atoms with Gasteiger partial charge in [-0.1, -0.05) is 60.7 Å². The predicted octanol–water partition coefficient (Wildman–Crippen LogP) is 5.33. The van der Waals surface area contributed by atoms with Gasteiger partial charge < -0.3 is 9.47 Å². The molecule has 2 amide bonds. The van der Waals surface area contributed by atoms with Gasteiger partial charge in [0.1, 0.15) is 18.1 Å². The fourth-order valence-electron chi connectivity index (χ4n) is 3.99. The number of carbonyl (C=O) groups excluding carboxylic acids is 3. The van der Waals surface area contributed by atoms with Crippen LogP contribution in [-0.4, -0.2) is 35.5 Å². The first-order valence-electron chi connectivity index (χ1n) is 11.3. The normalized spacial score (nSPS) is 15.3. The average molecular weight is 478 g/mol. The maximum atomic E-state index is 12.8. The van der Waals surface area contributed by atoms with Crippen molar-refractivity contribution in [2.45, 2.75) is 45.3 Å². The number of cyclic esters (lactones) is 1. The van der Waals surface area contributed by atoms with E-state index in [1.165, 1.54) is 16.2 Å². The lowest BCUT2D eigenvalue weighted by Crippen LogP contribution is -2.40. The third kappa shape index (κ3) is 5.91. The van der Waals surface area contributed by atoms with Crippen LogP contribution in [0.2, 0.25) is 0 Å². The zero-order valence-corrected chi connectivity index (χ0v) is 19.9. The molecule has 1 fully saturated rings. The Kier molecular flexibility index (Phi) is 7.75. The molecule has 2 heterocycles. The molecule has 0 bridgehead atoms. The summed E-state index contributed by atoms with van der Waals surface area (Å²) in [5.74, 6) is -0.567. The van der Waals surface area contributed by atoms with Crippen LogP contribution < -0.4 is 0 Å². The summed E-state index contributed by atoms with van der Waals surface area (Å²) in [5, 5.41) is 0. The van der Waals surface area contributed by atoms with Gasteiger partial charge in [-0.25, -0.2) is 14.5 Å². The molecule has 0 saturated carbocycles. The number of carbonyl (C=O) groups is 3. The van der Waals surface area contributed by atoms with E-state index in [1.807, 2.05) is 73.7 Å². The van der Waals surface area contributed by atoms with Crippen LogP contribution in [0.4, 0.5) is 4.79 Å². The first-order chi connectivity index (χ1) is 16.5. The Morgan fingerprint density at radius 1 is 1.06 bits per heavy atom. The number of hydrogen-bond acceptors (Lipinski definition) is 6. The quantitative estimate of drug-likeness (QED) is 0.390. The lowest BCUT2D eigenvalue weighted by molar-refractivity contribution is -0.129. The van der Waals surface area contributed by atoms with E-state index in [0.717, 1.165) is 21.6 Å². The highest BCUT2D eigenvalue weighted by atomic mass is 32.1. The Bertz CT molecular complexity index is 1140. The predicted molar refractivity (Wildman–Crippen MR) is 130 cm³/mol. The van der Waals surface area contributed by atoms with Crippen molar-refractivity contribution in [2.75, 3.05) is 6.61 Å². The van der Waals surface area contributed by atoms with E-state index in [9.17, 15) is 14.4 Å². The standard InChI is InChI=1S/C27H27NO5S/c1-19-15-24(26(30)32-17-21-11-6-3-7-12-21)34-23(19)13-8-14-25(29)28-22(18-33-27(28)31)16-20-9-4-2-5-10-20/h2-7,9-12,15,22H,8,13-14,16-18H2,1H3/t22-/m0/s1. The summed E-state index contributed by atoms with van der Waals surface area (Å²) in [7, 11) is 0. The smallest absolute Gasteiger partial charge is 0.416 e. The molecule has 0 spiro atoms. The second kappa shape index (κ2) is 11.1. The average Bonchev–Trinajstić information content (AvgIpc) is 3.40. The first-order valence-corrected chi connectivity index (χ1v) is 12.2. The lowest BCUT2D eigenvalue weighted by Gasteiger charge is -2.19. The third-order valence-electron chi connectivity index (χ3n) is 5.77. The summed E-state index contributed by atoms with van der Waals surface area (Å²) in [6.45, 7) is 2.41. The van der Waals surface area contributed by atoms with Crippen LogP contribution in [0.3, 0.4) is 0 Å². The number of amides is 2. The van der Waals surface area contributed by atoms with Gasteiger partial charge in [-0.15, -0.1) is 11.3 Å². The highest BCUT2D eigenvalue weighted by molar-refractivity contribution is 7.14. The number of aryl methyl sites for hydroxylation is 2. The van der Waals surface area contributed by atoms with Gasteiger partial charge in [0.15, 0.2) is 0 Å². The Hall–Kier alpha value is -3.45. The van der Waals surface area contributed by atoms with Crippen LogP contribution in [0.1, 0.15) is 44.1 Å². The van der Waals surface area contributed by atoms with Crippen LogP contribution in [0.5, 0.6) is 0 Å². The van der Waals surface area contributed by atoms with Crippen molar-refractivity contribution in [2.24, 2.45) is 0 Å². The summed E-state index contributed by atoms with van der Waals surface area (Å²) in [5.41, 5.74) is 3.00. The van der Waals surface area contributed by atoms with E-state index in [0.29, 0.717) is 24.1 Å². The van der Waals surface area contributed by atoms with E-state index in [1.54, 1.807) is 0 Å². The molecule has 3 aromatic rings. The van der Waals surface area contributed by atoms with Gasteiger partial charge in [-0.05, 0) is 48.9 Å². The zero-order chi connectivity index (χ0) is 23.9. The SMILES string of the molecule is Cc1cc(C(=O)OCc2ccccc2)sc1CCCC(=O)N1C(=O)OC[C@@H]1Cc1ccccc1. The van der Waals surface area contributed by atoms with Gasteiger partial charge in [0, 0.05) is 11.3 Å². The van der Waals surface area contributed by atoms with Gasteiger partial charge in [-0.2, -0.15) is 0 Å². The number of esters is 1. The molecule has 6 nitrogen and oxygen atoms in total. The van der Waals surface area contributed by atoms with E-state index >= 15 is 0 Å². The van der Waals surface area contributed by atoms with Crippen LogP contribution in [0, 0.1) is 6.92 Å². The van der Waals surface area contributed by atoms with Crippen LogP contribution >= 0.6 is 11.3 Å². The van der Waals surface area contributed by atoms with Crippen LogP contribution in [-0.2, 0) is 33.7 Å². The van der Waals surface area contributed by atoms with Crippen molar-refractivity contribution in [1.29, 1.82) is 0 Å². The molecule has 1 aliphatic heterocycles. The van der Waals surface area contributed by atoms with Gasteiger partial charge in [0.2, 0.25) is 5.91 Å². The first kappa shape index (κ1) is 23.7. The Labute approximate surface area is 203 Å². The van der Waals surface area contributed by atoms with Gasteiger partial charge >= 0.3 is 12.1 Å². The molecule has 0 N–H and O–H groups in total. The van der Waals surface area contributed by atoms with E-state index in [-0.39, 0.29) is 37.6 Å². The molecular weight excluding hydrogens is 450 g/mol. The topological polar surface area (TPSA) is 72.9 Å².